The van der Waals surface area contributed by atoms with E-state index in [2.05, 4.69) is 0 Å². The SMILES string of the molecule is Cc1ccc(S(=O)(=O)O)c(C2CCN(S(C)(=O)=O)C2)c1. The van der Waals surface area contributed by atoms with E-state index in [0.717, 1.165) is 11.8 Å². The molecule has 0 spiro atoms. The second-order valence-corrected chi connectivity index (χ2v) is 8.50. The summed E-state index contributed by atoms with van der Waals surface area (Å²) in [6.07, 6.45) is 1.67. The highest BCUT2D eigenvalue weighted by Gasteiger charge is 2.32. The smallest absolute Gasteiger partial charge is 0.282 e. The minimum absolute atomic E-state index is 0.136. The monoisotopic (exact) mass is 319 g/mol. The van der Waals surface area contributed by atoms with Gasteiger partial charge in [-0.15, -0.1) is 0 Å². The molecule has 0 aliphatic carbocycles. The Balaban J connectivity index is 2.42. The van der Waals surface area contributed by atoms with Crippen LogP contribution in [0.5, 0.6) is 0 Å². The molecule has 0 amide bonds. The van der Waals surface area contributed by atoms with Gasteiger partial charge in [-0.25, -0.2) is 12.7 Å². The molecule has 0 aromatic heterocycles. The van der Waals surface area contributed by atoms with E-state index >= 15 is 0 Å². The van der Waals surface area contributed by atoms with Crippen LogP contribution in [0.1, 0.15) is 23.5 Å². The molecule has 1 heterocycles. The van der Waals surface area contributed by atoms with Crippen molar-refractivity contribution in [1.29, 1.82) is 0 Å². The molecule has 1 N–H and O–H groups in total. The van der Waals surface area contributed by atoms with Gasteiger partial charge in [-0.2, -0.15) is 8.42 Å². The van der Waals surface area contributed by atoms with Crippen molar-refractivity contribution in [2.75, 3.05) is 19.3 Å². The van der Waals surface area contributed by atoms with Crippen molar-refractivity contribution in [2.45, 2.75) is 24.2 Å². The molecule has 0 bridgehead atoms. The second-order valence-electron chi connectivity index (χ2n) is 5.12. The number of aryl methyl sites for hydroxylation is 1. The van der Waals surface area contributed by atoms with Crippen LogP contribution in [0.2, 0.25) is 0 Å². The number of rotatable bonds is 3. The third-order valence-corrected chi connectivity index (χ3v) is 5.70. The predicted octanol–water partition coefficient (Wildman–Crippen LogP) is 0.991. The summed E-state index contributed by atoms with van der Waals surface area (Å²) in [7, 11) is -7.59. The van der Waals surface area contributed by atoms with Crippen LogP contribution < -0.4 is 0 Å². The normalized spacial score (nSPS) is 21.2. The lowest BCUT2D eigenvalue weighted by atomic mass is 9.97. The Morgan fingerprint density at radius 3 is 2.40 bits per heavy atom. The van der Waals surface area contributed by atoms with Crippen molar-refractivity contribution in [1.82, 2.24) is 4.31 Å². The maximum absolute atomic E-state index is 11.5. The van der Waals surface area contributed by atoms with E-state index in [1.54, 1.807) is 12.1 Å². The molecule has 0 saturated carbocycles. The molecular formula is C12H17NO5S2. The summed E-state index contributed by atoms with van der Waals surface area (Å²) in [6, 6.07) is 4.67. The molecule has 1 saturated heterocycles. The Kier molecular flexibility index (Phi) is 3.94. The number of benzene rings is 1. The topological polar surface area (TPSA) is 91.8 Å². The predicted molar refractivity (Wildman–Crippen MR) is 74.8 cm³/mol. The van der Waals surface area contributed by atoms with Gasteiger partial charge in [0.15, 0.2) is 0 Å². The molecule has 8 heteroatoms. The largest absolute Gasteiger partial charge is 0.294 e. The second kappa shape index (κ2) is 5.10. The lowest BCUT2D eigenvalue weighted by Gasteiger charge is -2.16. The van der Waals surface area contributed by atoms with Crippen LogP contribution in [0, 0.1) is 6.92 Å². The van der Waals surface area contributed by atoms with E-state index in [-0.39, 0.29) is 17.4 Å². The average Bonchev–Trinajstić information content (AvgIpc) is 2.75. The lowest BCUT2D eigenvalue weighted by Crippen LogP contribution is -2.27. The molecule has 112 valence electrons. The number of nitrogens with zero attached hydrogens (tertiary/aromatic N) is 1. The zero-order valence-electron chi connectivity index (χ0n) is 11.3. The quantitative estimate of drug-likeness (QED) is 0.839. The van der Waals surface area contributed by atoms with Crippen molar-refractivity contribution < 1.29 is 21.4 Å². The number of hydrogen-bond acceptors (Lipinski definition) is 4. The van der Waals surface area contributed by atoms with Gasteiger partial charge in [0.1, 0.15) is 0 Å². The highest BCUT2D eigenvalue weighted by Crippen LogP contribution is 2.33. The third-order valence-electron chi connectivity index (χ3n) is 3.50. The van der Waals surface area contributed by atoms with Gasteiger partial charge in [0.05, 0.1) is 11.2 Å². The van der Waals surface area contributed by atoms with Crippen LogP contribution in [0.15, 0.2) is 23.1 Å². The zero-order chi connectivity index (χ0) is 15.1. The van der Waals surface area contributed by atoms with Gasteiger partial charge in [-0.1, -0.05) is 17.7 Å². The summed E-state index contributed by atoms with van der Waals surface area (Å²) >= 11 is 0. The third kappa shape index (κ3) is 3.20. The molecule has 1 aromatic carbocycles. The van der Waals surface area contributed by atoms with E-state index in [1.807, 2.05) is 6.92 Å². The van der Waals surface area contributed by atoms with Crippen molar-refractivity contribution in [2.24, 2.45) is 0 Å². The first-order valence-corrected chi connectivity index (χ1v) is 9.41. The summed E-state index contributed by atoms with van der Waals surface area (Å²) in [4.78, 5) is -0.136. The van der Waals surface area contributed by atoms with Crippen LogP contribution in [0.3, 0.4) is 0 Å². The molecule has 20 heavy (non-hydrogen) atoms. The van der Waals surface area contributed by atoms with Gasteiger partial charge in [0.25, 0.3) is 10.1 Å². The van der Waals surface area contributed by atoms with Crippen molar-refractivity contribution in [3.05, 3.63) is 29.3 Å². The van der Waals surface area contributed by atoms with Gasteiger partial charge in [-0.05, 0) is 25.0 Å². The summed E-state index contributed by atoms with van der Waals surface area (Å²) in [5.41, 5.74) is 1.35. The van der Waals surface area contributed by atoms with Crippen LogP contribution in [0.4, 0.5) is 0 Å². The van der Waals surface area contributed by atoms with Crippen LogP contribution in [-0.2, 0) is 20.1 Å². The molecule has 0 radical (unpaired) electrons. The van der Waals surface area contributed by atoms with E-state index in [1.165, 1.54) is 10.4 Å². The first kappa shape index (κ1) is 15.4. The van der Waals surface area contributed by atoms with E-state index in [4.69, 9.17) is 0 Å². The zero-order valence-corrected chi connectivity index (χ0v) is 12.9. The first-order chi connectivity index (χ1) is 9.09. The van der Waals surface area contributed by atoms with Gasteiger partial charge in [0, 0.05) is 19.0 Å². The molecule has 1 atom stereocenters. The maximum Gasteiger partial charge on any atom is 0.294 e. The van der Waals surface area contributed by atoms with Gasteiger partial charge < -0.3 is 0 Å². The Morgan fingerprint density at radius 2 is 1.90 bits per heavy atom. The fourth-order valence-electron chi connectivity index (χ4n) is 2.51. The highest BCUT2D eigenvalue weighted by molar-refractivity contribution is 7.88. The van der Waals surface area contributed by atoms with Crippen molar-refractivity contribution in [3.63, 3.8) is 0 Å². The maximum atomic E-state index is 11.5. The lowest BCUT2D eigenvalue weighted by molar-refractivity contribution is 0.475. The minimum Gasteiger partial charge on any atom is -0.282 e. The highest BCUT2D eigenvalue weighted by atomic mass is 32.2. The molecule has 1 fully saturated rings. The molecule has 2 rings (SSSR count). The Hall–Kier alpha value is -0.960. The standard InChI is InChI=1S/C12H17NO5S2/c1-9-3-4-12(20(16,17)18)11(7-9)10-5-6-13(8-10)19(2,14)15/h3-4,7,10H,5-6,8H2,1-2H3,(H,16,17,18). The van der Waals surface area contributed by atoms with Crippen LogP contribution >= 0.6 is 0 Å². The molecular weight excluding hydrogens is 302 g/mol. The van der Waals surface area contributed by atoms with E-state index in [9.17, 15) is 21.4 Å². The molecule has 1 aliphatic heterocycles. The van der Waals surface area contributed by atoms with Gasteiger partial charge in [-0.3, -0.25) is 4.55 Å². The molecule has 6 nitrogen and oxygen atoms in total. The summed E-state index contributed by atoms with van der Waals surface area (Å²) in [6.45, 7) is 2.42. The van der Waals surface area contributed by atoms with Gasteiger partial charge in [0.2, 0.25) is 10.0 Å². The fourth-order valence-corrected chi connectivity index (χ4v) is 4.16. The number of hydrogen-bond donors (Lipinski definition) is 1. The van der Waals surface area contributed by atoms with Crippen molar-refractivity contribution >= 4 is 20.1 Å². The molecule has 1 aliphatic rings. The fraction of sp³-hybridized carbons (Fsp3) is 0.500. The summed E-state index contributed by atoms with van der Waals surface area (Å²) in [5.74, 6) is -0.221. The van der Waals surface area contributed by atoms with E-state index in [0.29, 0.717) is 18.5 Å². The first-order valence-electron chi connectivity index (χ1n) is 6.12. The summed E-state index contributed by atoms with van der Waals surface area (Å²) in [5, 5.41) is 0. The summed E-state index contributed by atoms with van der Waals surface area (Å²) < 4.78 is 56.5. The van der Waals surface area contributed by atoms with Crippen LogP contribution in [-0.4, -0.2) is 45.0 Å². The van der Waals surface area contributed by atoms with Gasteiger partial charge >= 0.3 is 0 Å². The Morgan fingerprint density at radius 1 is 1.25 bits per heavy atom. The Bertz CT molecular complexity index is 724. The van der Waals surface area contributed by atoms with Crippen molar-refractivity contribution in [3.8, 4) is 0 Å². The minimum atomic E-state index is -4.31. The van der Waals surface area contributed by atoms with Crippen LogP contribution in [0.25, 0.3) is 0 Å². The molecule has 1 aromatic rings. The number of sulfonamides is 1. The van der Waals surface area contributed by atoms with E-state index < -0.39 is 20.1 Å². The average molecular weight is 319 g/mol. The Labute approximate surface area is 119 Å². The molecule has 1 unspecified atom stereocenters.